The Kier molecular flexibility index (Phi) is 4.09. The summed E-state index contributed by atoms with van der Waals surface area (Å²) in [5, 5.41) is 13.4. The number of rotatable bonds is 4. The van der Waals surface area contributed by atoms with Crippen LogP contribution in [0.4, 0.5) is 0 Å². The molecule has 21 heavy (non-hydrogen) atoms. The fourth-order valence-corrected chi connectivity index (χ4v) is 2.41. The monoisotopic (exact) mass is 310 g/mol. The highest BCUT2D eigenvalue weighted by molar-refractivity contribution is 6.33. The highest BCUT2D eigenvalue weighted by Gasteiger charge is 2.20. The number of aromatic nitrogens is 2. The Balaban J connectivity index is 2.70. The molecule has 0 bridgehead atoms. The average molecular weight is 311 g/mol. The van der Waals surface area contributed by atoms with Gasteiger partial charge in [-0.25, -0.2) is 4.79 Å². The van der Waals surface area contributed by atoms with Crippen molar-refractivity contribution in [1.29, 1.82) is 0 Å². The van der Waals surface area contributed by atoms with Crippen LogP contribution < -0.4 is 9.47 Å². The quantitative estimate of drug-likeness (QED) is 0.940. The van der Waals surface area contributed by atoms with Crippen molar-refractivity contribution in [2.24, 2.45) is 7.05 Å². The van der Waals surface area contributed by atoms with Gasteiger partial charge in [0.05, 0.1) is 24.9 Å². The van der Waals surface area contributed by atoms with Crippen LogP contribution in [-0.4, -0.2) is 35.1 Å². The highest BCUT2D eigenvalue weighted by Crippen LogP contribution is 2.42. The molecule has 0 fully saturated rings. The first-order valence-corrected chi connectivity index (χ1v) is 6.47. The van der Waals surface area contributed by atoms with E-state index in [0.717, 1.165) is 11.1 Å². The van der Waals surface area contributed by atoms with Crippen molar-refractivity contribution in [3.63, 3.8) is 0 Å². The van der Waals surface area contributed by atoms with Crippen LogP contribution in [0.15, 0.2) is 12.1 Å². The Morgan fingerprint density at radius 3 is 2.48 bits per heavy atom. The maximum absolute atomic E-state index is 11.0. The van der Waals surface area contributed by atoms with Crippen LogP contribution in [-0.2, 0) is 7.05 Å². The third-order valence-corrected chi connectivity index (χ3v) is 3.69. The van der Waals surface area contributed by atoms with E-state index in [0.29, 0.717) is 22.2 Å². The van der Waals surface area contributed by atoms with E-state index in [4.69, 9.17) is 26.2 Å². The summed E-state index contributed by atoms with van der Waals surface area (Å²) < 4.78 is 12.0. The zero-order valence-electron chi connectivity index (χ0n) is 12.1. The van der Waals surface area contributed by atoms with Gasteiger partial charge in [-0.3, -0.25) is 4.68 Å². The predicted molar refractivity (Wildman–Crippen MR) is 78.5 cm³/mol. The van der Waals surface area contributed by atoms with E-state index in [-0.39, 0.29) is 5.69 Å². The summed E-state index contributed by atoms with van der Waals surface area (Å²) in [6.45, 7) is 1.83. The van der Waals surface area contributed by atoms with Crippen LogP contribution in [0.25, 0.3) is 11.3 Å². The van der Waals surface area contributed by atoms with Gasteiger partial charge in [0.2, 0.25) is 0 Å². The second-order valence-electron chi connectivity index (χ2n) is 4.44. The molecular weight excluding hydrogens is 296 g/mol. The van der Waals surface area contributed by atoms with Crippen LogP contribution in [0.1, 0.15) is 16.1 Å². The number of hydrogen-bond acceptors (Lipinski definition) is 4. The number of halogens is 1. The normalized spacial score (nSPS) is 10.5. The molecule has 0 aliphatic rings. The van der Waals surface area contributed by atoms with Crippen molar-refractivity contribution in [1.82, 2.24) is 9.78 Å². The maximum Gasteiger partial charge on any atom is 0.356 e. The summed E-state index contributed by atoms with van der Waals surface area (Å²) in [5.74, 6) is -0.164. The van der Waals surface area contributed by atoms with E-state index >= 15 is 0 Å². The molecule has 0 spiro atoms. The Morgan fingerprint density at radius 2 is 2.00 bits per heavy atom. The number of carboxylic acids is 1. The van der Waals surface area contributed by atoms with E-state index in [1.54, 1.807) is 13.1 Å². The number of nitrogens with zero attached hydrogens (tertiary/aromatic N) is 2. The Morgan fingerprint density at radius 1 is 1.33 bits per heavy atom. The minimum absolute atomic E-state index is 0.0298. The van der Waals surface area contributed by atoms with Gasteiger partial charge in [0.1, 0.15) is 0 Å². The summed E-state index contributed by atoms with van der Waals surface area (Å²) >= 11 is 6.30. The van der Waals surface area contributed by atoms with Gasteiger partial charge >= 0.3 is 5.97 Å². The van der Waals surface area contributed by atoms with Gasteiger partial charge in [-0.05, 0) is 24.6 Å². The first-order chi connectivity index (χ1) is 9.90. The SMILES string of the molecule is COc1cc(-c2cc(C(=O)O)nn2C)c(C)c(Cl)c1OC. The molecule has 2 aromatic rings. The zero-order chi connectivity index (χ0) is 15.7. The fraction of sp³-hybridized carbons (Fsp3) is 0.286. The standard InChI is InChI=1S/C14H15ClN2O4/c1-7-8(5-11(20-3)13(21-4)12(7)15)10-6-9(14(18)19)16-17(10)2/h5-6H,1-4H3,(H,18,19). The van der Waals surface area contributed by atoms with E-state index in [2.05, 4.69) is 5.10 Å². The number of aromatic carboxylic acids is 1. The van der Waals surface area contributed by atoms with Crippen molar-refractivity contribution < 1.29 is 19.4 Å². The number of carbonyl (C=O) groups is 1. The Hall–Kier alpha value is -2.21. The largest absolute Gasteiger partial charge is 0.493 e. The lowest BCUT2D eigenvalue weighted by molar-refractivity contribution is 0.0689. The van der Waals surface area contributed by atoms with Crippen LogP contribution in [0.5, 0.6) is 11.5 Å². The van der Waals surface area contributed by atoms with Gasteiger partial charge in [0, 0.05) is 12.6 Å². The molecule has 0 aliphatic heterocycles. The van der Waals surface area contributed by atoms with Gasteiger partial charge < -0.3 is 14.6 Å². The molecule has 112 valence electrons. The van der Waals surface area contributed by atoms with Crippen molar-refractivity contribution in [3.8, 4) is 22.8 Å². The van der Waals surface area contributed by atoms with Crippen LogP contribution in [0.2, 0.25) is 5.02 Å². The third kappa shape index (κ3) is 2.54. The molecular formula is C14H15ClN2O4. The van der Waals surface area contributed by atoms with Crippen molar-refractivity contribution in [3.05, 3.63) is 28.4 Å². The lowest BCUT2D eigenvalue weighted by atomic mass is 10.0. The van der Waals surface area contributed by atoms with Gasteiger partial charge in [-0.1, -0.05) is 11.6 Å². The summed E-state index contributed by atoms with van der Waals surface area (Å²) in [6, 6.07) is 3.25. The molecule has 6 nitrogen and oxygen atoms in total. The number of benzene rings is 1. The van der Waals surface area contributed by atoms with Crippen molar-refractivity contribution in [2.75, 3.05) is 14.2 Å². The lowest BCUT2D eigenvalue weighted by Crippen LogP contribution is -2.00. The van der Waals surface area contributed by atoms with Gasteiger partial charge in [-0.2, -0.15) is 5.10 Å². The molecule has 0 saturated carbocycles. The molecule has 1 heterocycles. The number of aryl methyl sites for hydroxylation is 1. The Labute approximate surface area is 126 Å². The van der Waals surface area contributed by atoms with E-state index in [1.807, 2.05) is 6.92 Å². The molecule has 0 amide bonds. The zero-order valence-corrected chi connectivity index (χ0v) is 12.9. The summed E-state index contributed by atoms with van der Waals surface area (Å²) in [5.41, 5.74) is 2.10. The molecule has 0 atom stereocenters. The molecule has 1 aromatic heterocycles. The molecule has 0 aliphatic carbocycles. The van der Waals surface area contributed by atoms with E-state index in [9.17, 15) is 4.79 Å². The third-order valence-electron chi connectivity index (χ3n) is 3.23. The number of carboxylic acid groups (broad SMARTS) is 1. The molecule has 1 aromatic carbocycles. The summed E-state index contributed by atoms with van der Waals surface area (Å²) in [6.07, 6.45) is 0. The molecule has 0 saturated heterocycles. The molecule has 7 heteroatoms. The Bertz CT molecular complexity index is 709. The first-order valence-electron chi connectivity index (χ1n) is 6.09. The summed E-state index contributed by atoms with van der Waals surface area (Å²) in [4.78, 5) is 11.0. The van der Waals surface area contributed by atoms with Crippen molar-refractivity contribution >= 4 is 17.6 Å². The van der Waals surface area contributed by atoms with Gasteiger partial charge in [0.25, 0.3) is 0 Å². The average Bonchev–Trinajstić information content (AvgIpc) is 2.83. The predicted octanol–water partition coefficient (Wildman–Crippen LogP) is 2.76. The fourth-order valence-electron chi connectivity index (χ4n) is 2.13. The van der Waals surface area contributed by atoms with Gasteiger partial charge in [-0.15, -0.1) is 0 Å². The number of methoxy groups -OCH3 is 2. The van der Waals surface area contributed by atoms with Crippen LogP contribution in [0, 0.1) is 6.92 Å². The molecule has 1 N–H and O–H groups in total. The summed E-state index contributed by atoms with van der Waals surface area (Å²) in [7, 11) is 4.69. The minimum Gasteiger partial charge on any atom is -0.493 e. The van der Waals surface area contributed by atoms with Gasteiger partial charge in [0.15, 0.2) is 17.2 Å². The van der Waals surface area contributed by atoms with Crippen molar-refractivity contribution in [2.45, 2.75) is 6.92 Å². The first kappa shape index (κ1) is 15.2. The second kappa shape index (κ2) is 5.65. The molecule has 0 radical (unpaired) electrons. The second-order valence-corrected chi connectivity index (χ2v) is 4.82. The maximum atomic E-state index is 11.0. The van der Waals surface area contributed by atoms with Crippen LogP contribution >= 0.6 is 11.6 Å². The molecule has 2 rings (SSSR count). The smallest absolute Gasteiger partial charge is 0.356 e. The molecule has 0 unspecified atom stereocenters. The topological polar surface area (TPSA) is 73.6 Å². The van der Waals surface area contributed by atoms with Crippen LogP contribution in [0.3, 0.4) is 0 Å². The minimum atomic E-state index is -1.08. The number of hydrogen-bond donors (Lipinski definition) is 1. The van der Waals surface area contributed by atoms with E-state index < -0.39 is 5.97 Å². The highest BCUT2D eigenvalue weighted by atomic mass is 35.5. The lowest BCUT2D eigenvalue weighted by Gasteiger charge is -2.15. The number of ether oxygens (including phenoxy) is 2. The van der Waals surface area contributed by atoms with E-state index in [1.165, 1.54) is 25.0 Å².